The number of carbonyl (C=O) groups excluding carboxylic acids is 1. The molecule has 1 saturated heterocycles. The number of hydrogen-bond donors (Lipinski definition) is 2. The summed E-state index contributed by atoms with van der Waals surface area (Å²) >= 11 is 1.64. The predicted octanol–water partition coefficient (Wildman–Crippen LogP) is 3.39. The minimum Gasteiger partial charge on any atom is -0.410 e. The standard InChI is InChI=1S/C21H25N5O2S/c27-21(26-14-12-25(13-15-26)11-7-18-2-1-8-22-18)28-19-5-3-17(4-6-19)16-29-20-23-9-10-24-20/h1-6,8-10,22H,7,11-16H2,(H,23,24). The van der Waals surface area contributed by atoms with Gasteiger partial charge in [-0.25, -0.2) is 9.78 Å². The van der Waals surface area contributed by atoms with Crippen molar-refractivity contribution in [2.75, 3.05) is 32.7 Å². The molecule has 1 fully saturated rings. The monoisotopic (exact) mass is 411 g/mol. The van der Waals surface area contributed by atoms with Crippen LogP contribution in [0, 0.1) is 0 Å². The van der Waals surface area contributed by atoms with Crippen LogP contribution >= 0.6 is 11.8 Å². The summed E-state index contributed by atoms with van der Waals surface area (Å²) in [5, 5.41) is 0.896. The Hall–Kier alpha value is -2.71. The van der Waals surface area contributed by atoms with Gasteiger partial charge in [0.2, 0.25) is 0 Å². The van der Waals surface area contributed by atoms with Crippen LogP contribution in [0.3, 0.4) is 0 Å². The van der Waals surface area contributed by atoms with Gasteiger partial charge in [-0.1, -0.05) is 23.9 Å². The van der Waals surface area contributed by atoms with Gasteiger partial charge in [0.1, 0.15) is 5.75 Å². The molecule has 152 valence electrons. The normalized spacial score (nSPS) is 14.8. The lowest BCUT2D eigenvalue weighted by Crippen LogP contribution is -2.49. The number of hydrogen-bond acceptors (Lipinski definition) is 5. The molecule has 1 aliphatic rings. The van der Waals surface area contributed by atoms with Crippen molar-refractivity contribution in [1.29, 1.82) is 0 Å². The summed E-state index contributed by atoms with van der Waals surface area (Å²) in [6.45, 7) is 4.14. The Morgan fingerprint density at radius 3 is 2.59 bits per heavy atom. The minimum absolute atomic E-state index is 0.272. The first-order valence-corrected chi connectivity index (χ1v) is 10.8. The summed E-state index contributed by atoms with van der Waals surface area (Å²) in [6, 6.07) is 11.8. The summed E-state index contributed by atoms with van der Waals surface area (Å²) in [5.41, 5.74) is 2.40. The van der Waals surface area contributed by atoms with Gasteiger partial charge in [-0.2, -0.15) is 0 Å². The van der Waals surface area contributed by atoms with Crippen molar-refractivity contribution in [3.8, 4) is 5.75 Å². The zero-order valence-electron chi connectivity index (χ0n) is 16.2. The van der Waals surface area contributed by atoms with E-state index in [-0.39, 0.29) is 6.09 Å². The Balaban J connectivity index is 1.19. The van der Waals surface area contributed by atoms with E-state index in [0.29, 0.717) is 18.8 Å². The third-order valence-electron chi connectivity index (χ3n) is 4.97. The van der Waals surface area contributed by atoms with Gasteiger partial charge < -0.3 is 19.6 Å². The second-order valence-corrected chi connectivity index (χ2v) is 7.93. The summed E-state index contributed by atoms with van der Waals surface area (Å²) < 4.78 is 5.55. The van der Waals surface area contributed by atoms with Crippen LogP contribution in [0.15, 0.2) is 60.1 Å². The number of piperazine rings is 1. The van der Waals surface area contributed by atoms with Crippen LogP contribution in [-0.2, 0) is 12.2 Å². The zero-order chi connectivity index (χ0) is 19.9. The lowest BCUT2D eigenvalue weighted by atomic mass is 10.2. The van der Waals surface area contributed by atoms with E-state index in [1.165, 1.54) is 5.69 Å². The average molecular weight is 412 g/mol. The summed E-state index contributed by atoms with van der Waals surface area (Å²) in [5.74, 6) is 1.39. The highest BCUT2D eigenvalue weighted by Crippen LogP contribution is 2.21. The maximum atomic E-state index is 12.4. The van der Waals surface area contributed by atoms with E-state index in [4.69, 9.17) is 4.74 Å². The number of imidazole rings is 1. The molecule has 0 radical (unpaired) electrons. The minimum atomic E-state index is -0.272. The topological polar surface area (TPSA) is 77.2 Å². The highest BCUT2D eigenvalue weighted by molar-refractivity contribution is 7.98. The maximum absolute atomic E-state index is 12.4. The van der Waals surface area contributed by atoms with E-state index < -0.39 is 0 Å². The van der Waals surface area contributed by atoms with Crippen molar-refractivity contribution in [3.05, 3.63) is 66.2 Å². The SMILES string of the molecule is O=C(Oc1ccc(CSc2ncc[nH]2)cc1)N1CCN(CCc2ccc[nH]2)CC1. The number of amides is 1. The van der Waals surface area contributed by atoms with Crippen molar-refractivity contribution in [3.63, 3.8) is 0 Å². The molecule has 0 bridgehead atoms. The Kier molecular flexibility index (Phi) is 6.53. The maximum Gasteiger partial charge on any atom is 0.415 e. The lowest BCUT2D eigenvalue weighted by Gasteiger charge is -2.33. The molecule has 3 heterocycles. The average Bonchev–Trinajstić information content (AvgIpc) is 3.46. The molecule has 0 aliphatic carbocycles. The Bertz CT molecular complexity index is 872. The Morgan fingerprint density at radius 2 is 1.90 bits per heavy atom. The van der Waals surface area contributed by atoms with Crippen LogP contribution in [0.2, 0.25) is 0 Å². The lowest BCUT2D eigenvalue weighted by molar-refractivity contribution is 0.111. The van der Waals surface area contributed by atoms with Gasteiger partial charge in [0.05, 0.1) is 0 Å². The number of thioether (sulfide) groups is 1. The van der Waals surface area contributed by atoms with E-state index in [0.717, 1.165) is 42.5 Å². The molecule has 0 saturated carbocycles. The second-order valence-electron chi connectivity index (χ2n) is 6.97. The van der Waals surface area contributed by atoms with E-state index in [9.17, 15) is 4.79 Å². The fourth-order valence-electron chi connectivity index (χ4n) is 3.26. The molecule has 1 amide bonds. The number of nitrogens with one attached hydrogen (secondary N) is 2. The molecule has 7 nitrogen and oxygen atoms in total. The van der Waals surface area contributed by atoms with Gasteiger partial charge in [0.25, 0.3) is 0 Å². The number of benzene rings is 1. The molecule has 4 rings (SSSR count). The first kappa shape index (κ1) is 19.6. The highest BCUT2D eigenvalue weighted by atomic mass is 32.2. The van der Waals surface area contributed by atoms with Crippen LogP contribution in [-0.4, -0.2) is 63.6 Å². The van der Waals surface area contributed by atoms with Crippen molar-refractivity contribution < 1.29 is 9.53 Å². The number of nitrogens with zero attached hydrogens (tertiary/aromatic N) is 3. The molecule has 3 aromatic rings. The van der Waals surface area contributed by atoms with Gasteiger partial charge in [0.15, 0.2) is 5.16 Å². The third-order valence-corrected chi connectivity index (χ3v) is 5.94. The molecule has 0 atom stereocenters. The van der Waals surface area contributed by atoms with E-state index in [1.54, 1.807) is 22.9 Å². The van der Waals surface area contributed by atoms with Crippen molar-refractivity contribution in [1.82, 2.24) is 24.8 Å². The van der Waals surface area contributed by atoms with Crippen LogP contribution in [0.4, 0.5) is 4.79 Å². The molecule has 1 aromatic carbocycles. The van der Waals surface area contributed by atoms with Gasteiger partial charge in [-0.3, -0.25) is 4.90 Å². The predicted molar refractivity (Wildman–Crippen MR) is 113 cm³/mol. The molecular weight excluding hydrogens is 386 g/mol. The Morgan fingerprint density at radius 1 is 1.07 bits per heavy atom. The van der Waals surface area contributed by atoms with Gasteiger partial charge in [-0.15, -0.1) is 0 Å². The van der Waals surface area contributed by atoms with Crippen LogP contribution in [0.25, 0.3) is 0 Å². The summed E-state index contributed by atoms with van der Waals surface area (Å²) in [4.78, 5) is 27.1. The first-order valence-electron chi connectivity index (χ1n) is 9.79. The van der Waals surface area contributed by atoms with Crippen molar-refractivity contribution >= 4 is 17.9 Å². The number of aromatic amines is 2. The van der Waals surface area contributed by atoms with Crippen LogP contribution in [0.1, 0.15) is 11.3 Å². The van der Waals surface area contributed by atoms with E-state index in [1.807, 2.05) is 42.7 Å². The fourth-order valence-corrected chi connectivity index (χ4v) is 4.04. The molecule has 0 unspecified atom stereocenters. The van der Waals surface area contributed by atoms with Gasteiger partial charge in [-0.05, 0) is 29.8 Å². The van der Waals surface area contributed by atoms with Crippen LogP contribution < -0.4 is 4.74 Å². The molecule has 0 spiro atoms. The number of rotatable bonds is 7. The molecule has 8 heteroatoms. The second kappa shape index (κ2) is 9.67. The first-order chi connectivity index (χ1) is 14.3. The molecule has 2 N–H and O–H groups in total. The molecule has 1 aliphatic heterocycles. The molecule has 29 heavy (non-hydrogen) atoms. The quantitative estimate of drug-likeness (QED) is 0.583. The molecular formula is C21H25N5O2S. The Labute approximate surface area is 174 Å². The van der Waals surface area contributed by atoms with E-state index in [2.05, 4.69) is 25.9 Å². The van der Waals surface area contributed by atoms with Crippen molar-refractivity contribution in [2.24, 2.45) is 0 Å². The van der Waals surface area contributed by atoms with E-state index >= 15 is 0 Å². The smallest absolute Gasteiger partial charge is 0.410 e. The largest absolute Gasteiger partial charge is 0.415 e. The van der Waals surface area contributed by atoms with Crippen molar-refractivity contribution in [2.45, 2.75) is 17.3 Å². The zero-order valence-corrected chi connectivity index (χ0v) is 17.0. The molecule has 2 aromatic heterocycles. The summed E-state index contributed by atoms with van der Waals surface area (Å²) in [7, 11) is 0. The van der Waals surface area contributed by atoms with Gasteiger partial charge >= 0.3 is 6.09 Å². The summed E-state index contributed by atoms with van der Waals surface area (Å²) in [6.07, 6.45) is 6.24. The number of aromatic nitrogens is 3. The van der Waals surface area contributed by atoms with Gasteiger partial charge in [0, 0.05) is 69.2 Å². The number of H-pyrrole nitrogens is 2. The third kappa shape index (κ3) is 5.65. The fraction of sp³-hybridized carbons (Fsp3) is 0.333. The van der Waals surface area contributed by atoms with Crippen LogP contribution in [0.5, 0.6) is 5.75 Å². The number of ether oxygens (including phenoxy) is 1. The number of carbonyl (C=O) groups is 1. The highest BCUT2D eigenvalue weighted by Gasteiger charge is 2.22.